The third-order valence-electron chi connectivity index (χ3n) is 13.4. The van der Waals surface area contributed by atoms with Gasteiger partial charge in [0.1, 0.15) is 29.5 Å². The van der Waals surface area contributed by atoms with Crippen molar-refractivity contribution in [1.82, 2.24) is 9.55 Å². The van der Waals surface area contributed by atoms with Gasteiger partial charge in [-0.3, -0.25) is 4.57 Å². The molecule has 1 aromatic heterocycles. The quantitative estimate of drug-likeness (QED) is 0.0686. The molecular weight excluding hydrogens is 846 g/mol. The Morgan fingerprint density at radius 3 is 1.50 bits per heavy atom. The highest BCUT2D eigenvalue weighted by Crippen LogP contribution is 2.69. The zero-order chi connectivity index (χ0) is 46.6. The number of nitrogens with zero attached hydrogens (tertiary/aromatic N) is 2. The summed E-state index contributed by atoms with van der Waals surface area (Å²) in [5, 5.41) is 14.0. The van der Waals surface area contributed by atoms with E-state index in [9.17, 15) is 5.11 Å². The van der Waals surface area contributed by atoms with Crippen LogP contribution < -0.4 is 20.9 Å². The summed E-state index contributed by atoms with van der Waals surface area (Å²) in [7, 11) is 0.712. The van der Waals surface area contributed by atoms with Crippen LogP contribution in [0.25, 0.3) is 0 Å². The SMILES string of the molecule is CCCC[Si](C)(C)OC[C@H]1O[C@](n2ccc(N)nc2=O)(C(c2ccccc2)(c2ccccc2)c2ccc(OC)cc2)[C@@](F)(C(c2ccccc2)(c2ccccc2)c2ccc(OC)cc2)[C@@H]1O. The molecule has 6 aromatic carbocycles. The molecule has 0 bridgehead atoms. The minimum absolute atomic E-state index is 0.0695. The number of nitrogen functional groups attached to an aromatic ring is 1. The second kappa shape index (κ2) is 18.9. The molecule has 0 amide bonds. The van der Waals surface area contributed by atoms with Crippen LogP contribution in [0.5, 0.6) is 11.5 Å². The molecule has 1 saturated heterocycles. The number of methoxy groups -OCH3 is 2. The summed E-state index contributed by atoms with van der Waals surface area (Å²) in [6.45, 7) is 6.20. The summed E-state index contributed by atoms with van der Waals surface area (Å²) in [5.74, 6) is 1.03. The Labute approximate surface area is 387 Å². The van der Waals surface area contributed by atoms with Crippen molar-refractivity contribution in [1.29, 1.82) is 0 Å². The molecule has 340 valence electrons. The van der Waals surface area contributed by atoms with Crippen molar-refractivity contribution in [3.63, 3.8) is 0 Å². The van der Waals surface area contributed by atoms with E-state index in [1.54, 1.807) is 26.4 Å². The van der Waals surface area contributed by atoms with Crippen LogP contribution in [0.4, 0.5) is 10.2 Å². The number of rotatable bonds is 17. The van der Waals surface area contributed by atoms with Crippen LogP contribution in [-0.2, 0) is 25.7 Å². The van der Waals surface area contributed by atoms with E-state index in [0.29, 0.717) is 44.9 Å². The molecule has 8 rings (SSSR count). The molecule has 9 nitrogen and oxygen atoms in total. The average Bonchev–Trinajstić information content (AvgIpc) is 3.58. The Bertz CT molecular complexity index is 2670. The van der Waals surface area contributed by atoms with Gasteiger partial charge in [-0.15, -0.1) is 0 Å². The van der Waals surface area contributed by atoms with Crippen LogP contribution in [0.1, 0.15) is 53.1 Å². The number of ether oxygens (including phenoxy) is 3. The molecule has 66 heavy (non-hydrogen) atoms. The lowest BCUT2D eigenvalue weighted by Gasteiger charge is -2.60. The second-order valence-corrected chi connectivity index (χ2v) is 21.9. The number of halogens is 1. The van der Waals surface area contributed by atoms with Crippen LogP contribution in [0.15, 0.2) is 187 Å². The molecule has 0 radical (unpaired) electrons. The van der Waals surface area contributed by atoms with Crippen molar-refractivity contribution >= 4 is 14.1 Å². The van der Waals surface area contributed by atoms with E-state index < -0.39 is 48.4 Å². The molecule has 4 atom stereocenters. The molecule has 1 aliphatic rings. The summed E-state index contributed by atoms with van der Waals surface area (Å²) in [6, 6.07) is 54.5. The van der Waals surface area contributed by atoms with E-state index >= 15 is 9.18 Å². The lowest BCUT2D eigenvalue weighted by atomic mass is 9.48. The van der Waals surface area contributed by atoms with Gasteiger partial charge in [0.05, 0.1) is 31.7 Å². The Morgan fingerprint density at radius 1 is 0.682 bits per heavy atom. The number of anilines is 1. The van der Waals surface area contributed by atoms with Gasteiger partial charge in [-0.2, -0.15) is 4.98 Å². The van der Waals surface area contributed by atoms with Crippen LogP contribution in [0.3, 0.4) is 0 Å². The fraction of sp³-hybridized carbons (Fsp3) is 0.273. The Morgan fingerprint density at radius 2 is 1.09 bits per heavy atom. The smallest absolute Gasteiger partial charge is 0.351 e. The molecule has 7 aromatic rings. The minimum Gasteiger partial charge on any atom is -0.497 e. The van der Waals surface area contributed by atoms with Gasteiger partial charge in [-0.1, -0.05) is 165 Å². The number of nitrogens with two attached hydrogens (primary N) is 1. The average molecular weight is 904 g/mol. The monoisotopic (exact) mass is 903 g/mol. The van der Waals surface area contributed by atoms with Crippen molar-refractivity contribution < 1.29 is 28.1 Å². The number of hydrogen-bond donors (Lipinski definition) is 2. The number of aromatic nitrogens is 2. The Hall–Kier alpha value is -6.37. The molecule has 0 saturated carbocycles. The van der Waals surface area contributed by atoms with Gasteiger partial charge in [-0.05, 0) is 82.9 Å². The predicted molar refractivity (Wildman–Crippen MR) is 260 cm³/mol. The van der Waals surface area contributed by atoms with Crippen molar-refractivity contribution in [2.24, 2.45) is 0 Å². The van der Waals surface area contributed by atoms with Crippen molar-refractivity contribution in [3.8, 4) is 11.5 Å². The van der Waals surface area contributed by atoms with E-state index in [4.69, 9.17) is 24.4 Å². The maximum absolute atomic E-state index is 22.6. The molecule has 0 unspecified atom stereocenters. The zero-order valence-electron chi connectivity index (χ0n) is 38.1. The number of alkyl halides is 1. The summed E-state index contributed by atoms with van der Waals surface area (Å²) in [5.41, 5.74) is -1.09. The van der Waals surface area contributed by atoms with Crippen LogP contribution in [0, 0.1) is 0 Å². The first-order valence-electron chi connectivity index (χ1n) is 22.5. The maximum Gasteiger partial charge on any atom is 0.351 e. The van der Waals surface area contributed by atoms with Gasteiger partial charge >= 0.3 is 5.69 Å². The predicted octanol–water partition coefficient (Wildman–Crippen LogP) is 10.1. The lowest BCUT2D eigenvalue weighted by Crippen LogP contribution is -2.75. The first-order valence-corrected chi connectivity index (χ1v) is 25.6. The van der Waals surface area contributed by atoms with E-state index in [2.05, 4.69) is 25.0 Å². The van der Waals surface area contributed by atoms with E-state index in [1.165, 1.54) is 16.8 Å². The van der Waals surface area contributed by atoms with Gasteiger partial charge in [-0.25, -0.2) is 9.18 Å². The summed E-state index contributed by atoms with van der Waals surface area (Å²) in [6.07, 6.45) is -0.00711. The summed E-state index contributed by atoms with van der Waals surface area (Å²) in [4.78, 5) is 19.8. The number of aliphatic hydroxyl groups is 1. The van der Waals surface area contributed by atoms with Crippen molar-refractivity contribution in [2.75, 3.05) is 26.6 Å². The van der Waals surface area contributed by atoms with Crippen molar-refractivity contribution in [3.05, 3.63) is 226 Å². The van der Waals surface area contributed by atoms with Gasteiger partial charge in [0.25, 0.3) is 0 Å². The topological polar surface area (TPSA) is 118 Å². The maximum atomic E-state index is 22.6. The third-order valence-corrected chi connectivity index (χ3v) is 15.9. The highest BCUT2D eigenvalue weighted by Gasteiger charge is 2.83. The largest absolute Gasteiger partial charge is 0.497 e. The van der Waals surface area contributed by atoms with E-state index in [-0.39, 0.29) is 12.4 Å². The number of hydrogen-bond acceptors (Lipinski definition) is 8. The van der Waals surface area contributed by atoms with Gasteiger partial charge in [0.15, 0.2) is 8.32 Å². The lowest BCUT2D eigenvalue weighted by molar-refractivity contribution is -0.211. The first-order chi connectivity index (χ1) is 31.9. The Kier molecular flexibility index (Phi) is 13.2. The first kappa shape index (κ1) is 46.2. The number of unbranched alkanes of at least 4 members (excludes halogenated alkanes) is 1. The molecule has 0 spiro atoms. The molecule has 1 fully saturated rings. The second-order valence-electron chi connectivity index (χ2n) is 17.6. The van der Waals surface area contributed by atoms with E-state index in [1.807, 2.05) is 158 Å². The fourth-order valence-corrected chi connectivity index (χ4v) is 12.5. The standard InChI is InChI=1S/C55H58FN3O6Si/c1-6-7-38-66(4,5)64-39-48-50(60)54(56,52(40-20-12-8-13-21-40,41-22-14-9-15-23-41)44-28-32-46(62-2)33-29-44)55(65-48,59-37-36-49(57)58-51(59)61)53(42-24-16-10-17-25-42,43-26-18-11-19-27-43)45-30-34-47(63-3)35-31-45/h8-37,48,50,60H,6-7,38-39H2,1-5H3,(H2,57,58,61)/t48-,50-,54+,55-/m1/s1. The number of benzene rings is 6. The highest BCUT2D eigenvalue weighted by atomic mass is 28.4. The Balaban J connectivity index is 1.67. The highest BCUT2D eigenvalue weighted by molar-refractivity contribution is 6.71. The van der Waals surface area contributed by atoms with Gasteiger partial charge in [0.2, 0.25) is 11.4 Å². The molecule has 3 N–H and O–H groups in total. The third kappa shape index (κ3) is 7.44. The minimum atomic E-state index is -3.12. The number of aliphatic hydroxyl groups excluding tert-OH is 1. The molecule has 1 aliphatic heterocycles. The zero-order valence-corrected chi connectivity index (χ0v) is 39.1. The normalized spacial score (nSPS) is 19.9. The van der Waals surface area contributed by atoms with Gasteiger partial charge < -0.3 is 29.5 Å². The van der Waals surface area contributed by atoms with Gasteiger partial charge in [0, 0.05) is 6.20 Å². The fourth-order valence-electron chi connectivity index (χ4n) is 10.5. The molecular formula is C55H58FN3O6Si. The summed E-state index contributed by atoms with van der Waals surface area (Å²) >= 11 is 0. The van der Waals surface area contributed by atoms with Crippen LogP contribution in [0.2, 0.25) is 19.1 Å². The molecule has 0 aliphatic carbocycles. The summed E-state index contributed by atoms with van der Waals surface area (Å²) < 4.78 is 50.0. The van der Waals surface area contributed by atoms with Crippen LogP contribution in [-0.4, -0.2) is 61.7 Å². The molecule has 11 heteroatoms. The van der Waals surface area contributed by atoms with Crippen LogP contribution >= 0.6 is 0 Å². The van der Waals surface area contributed by atoms with Crippen molar-refractivity contribution in [2.45, 2.75) is 73.3 Å². The van der Waals surface area contributed by atoms with E-state index in [0.717, 1.165) is 18.9 Å². The molecule has 2 heterocycles.